The summed E-state index contributed by atoms with van der Waals surface area (Å²) >= 11 is 6.13. The molecule has 0 bridgehead atoms. The molecule has 2 unspecified atom stereocenters. The van der Waals surface area contributed by atoms with Gasteiger partial charge in [0.25, 0.3) is 0 Å². The Morgan fingerprint density at radius 2 is 2.21 bits per heavy atom. The Bertz CT molecular complexity index is 410. The lowest BCUT2D eigenvalue weighted by molar-refractivity contribution is 0.536. The first kappa shape index (κ1) is 14.4. The predicted molar refractivity (Wildman–Crippen MR) is 80.8 cm³/mol. The lowest BCUT2D eigenvalue weighted by Gasteiger charge is -2.13. The van der Waals surface area contributed by atoms with Gasteiger partial charge in [-0.15, -0.1) is 0 Å². The molecule has 1 aliphatic rings. The first-order valence-corrected chi connectivity index (χ1v) is 7.57. The average Bonchev–Trinajstić information content (AvgIpc) is 2.82. The fourth-order valence-electron chi connectivity index (χ4n) is 2.56. The number of anilines is 2. The maximum absolute atomic E-state index is 6.13. The highest BCUT2D eigenvalue weighted by atomic mass is 35.5. The van der Waals surface area contributed by atoms with Crippen LogP contribution in [0.4, 0.5) is 11.8 Å². The molecule has 0 aromatic carbocycles. The van der Waals surface area contributed by atoms with E-state index in [9.17, 15) is 0 Å². The fourth-order valence-corrected chi connectivity index (χ4v) is 2.72. The van der Waals surface area contributed by atoms with Gasteiger partial charge in [0.1, 0.15) is 10.8 Å². The van der Waals surface area contributed by atoms with Crippen molar-refractivity contribution < 1.29 is 0 Å². The van der Waals surface area contributed by atoms with Crippen LogP contribution in [0, 0.1) is 11.8 Å². The Hall–Kier alpha value is -1.03. The zero-order valence-corrected chi connectivity index (χ0v) is 12.5. The monoisotopic (exact) mass is 282 g/mol. The van der Waals surface area contributed by atoms with Gasteiger partial charge >= 0.3 is 0 Å². The summed E-state index contributed by atoms with van der Waals surface area (Å²) in [4.78, 5) is 8.60. The Labute approximate surface area is 120 Å². The Balaban J connectivity index is 1.91. The van der Waals surface area contributed by atoms with Crippen molar-refractivity contribution in [2.24, 2.45) is 11.8 Å². The van der Waals surface area contributed by atoms with Gasteiger partial charge < -0.3 is 10.6 Å². The van der Waals surface area contributed by atoms with Gasteiger partial charge in [-0.1, -0.05) is 31.9 Å². The van der Waals surface area contributed by atoms with Crippen LogP contribution in [0.3, 0.4) is 0 Å². The highest BCUT2D eigenvalue weighted by Crippen LogP contribution is 2.30. The molecule has 1 aromatic rings. The van der Waals surface area contributed by atoms with Crippen molar-refractivity contribution in [3.8, 4) is 0 Å². The summed E-state index contributed by atoms with van der Waals surface area (Å²) in [6.07, 6.45) is 6.66. The van der Waals surface area contributed by atoms with E-state index in [0.29, 0.717) is 11.0 Å². The van der Waals surface area contributed by atoms with Crippen molar-refractivity contribution in [1.82, 2.24) is 9.97 Å². The van der Waals surface area contributed by atoms with E-state index in [-0.39, 0.29) is 0 Å². The molecule has 1 saturated carbocycles. The fraction of sp³-hybridized carbons (Fsp3) is 0.714. The van der Waals surface area contributed by atoms with Crippen LogP contribution in [0.1, 0.15) is 39.5 Å². The molecule has 0 spiro atoms. The van der Waals surface area contributed by atoms with E-state index in [1.807, 2.05) is 0 Å². The van der Waals surface area contributed by atoms with Gasteiger partial charge in [0.05, 0.1) is 6.20 Å². The van der Waals surface area contributed by atoms with Crippen molar-refractivity contribution >= 4 is 23.4 Å². The van der Waals surface area contributed by atoms with Crippen LogP contribution < -0.4 is 10.6 Å². The van der Waals surface area contributed by atoms with Crippen LogP contribution >= 0.6 is 11.6 Å². The van der Waals surface area contributed by atoms with Crippen molar-refractivity contribution in [2.45, 2.75) is 39.5 Å². The first-order chi connectivity index (χ1) is 9.19. The van der Waals surface area contributed by atoms with E-state index in [0.717, 1.165) is 37.2 Å². The molecule has 0 amide bonds. The highest BCUT2D eigenvalue weighted by molar-refractivity contribution is 6.32. The van der Waals surface area contributed by atoms with E-state index in [2.05, 4.69) is 34.4 Å². The second-order valence-corrected chi connectivity index (χ2v) is 5.89. The summed E-state index contributed by atoms with van der Waals surface area (Å²) in [5, 5.41) is 7.14. The number of nitrogens with zero attached hydrogens (tertiary/aromatic N) is 2. The molecule has 1 aliphatic carbocycles. The lowest BCUT2D eigenvalue weighted by Crippen LogP contribution is -2.14. The molecule has 2 N–H and O–H groups in total. The maximum atomic E-state index is 6.13. The van der Waals surface area contributed by atoms with E-state index >= 15 is 0 Å². The molecule has 2 atom stereocenters. The summed E-state index contributed by atoms with van der Waals surface area (Å²) in [7, 11) is 0. The van der Waals surface area contributed by atoms with Crippen LogP contribution in [0.2, 0.25) is 5.02 Å². The van der Waals surface area contributed by atoms with Crippen LogP contribution in [0.15, 0.2) is 6.20 Å². The number of aromatic nitrogens is 2. The number of halogens is 1. The topological polar surface area (TPSA) is 49.8 Å². The second-order valence-electron chi connectivity index (χ2n) is 5.48. The van der Waals surface area contributed by atoms with E-state index in [4.69, 9.17) is 11.6 Å². The molecule has 1 heterocycles. The third-order valence-corrected chi connectivity index (χ3v) is 3.92. The first-order valence-electron chi connectivity index (χ1n) is 7.19. The van der Waals surface area contributed by atoms with E-state index in [1.165, 1.54) is 19.3 Å². The van der Waals surface area contributed by atoms with Gasteiger partial charge in [-0.3, -0.25) is 0 Å². The summed E-state index contributed by atoms with van der Waals surface area (Å²) in [5.41, 5.74) is 0. The van der Waals surface area contributed by atoms with E-state index < -0.39 is 0 Å². The molecular formula is C14H23ClN4. The summed E-state index contributed by atoms with van der Waals surface area (Å²) in [6.45, 7) is 6.27. The standard InChI is InChI=1S/C14H23ClN4/c1-3-6-16-14-18-9-12(15)13(19-14)17-8-11-5-4-10(2)7-11/h9-11H,3-8H2,1-2H3,(H2,16,17,18,19). The molecular weight excluding hydrogens is 260 g/mol. The van der Waals surface area contributed by atoms with Crippen molar-refractivity contribution in [3.05, 3.63) is 11.2 Å². The number of nitrogens with one attached hydrogen (secondary N) is 2. The lowest BCUT2D eigenvalue weighted by atomic mass is 10.1. The SMILES string of the molecule is CCCNc1ncc(Cl)c(NCC2CCC(C)C2)n1. The molecule has 2 rings (SSSR count). The van der Waals surface area contributed by atoms with E-state index in [1.54, 1.807) is 6.20 Å². The molecule has 0 aliphatic heterocycles. The molecule has 5 heteroatoms. The minimum atomic E-state index is 0.591. The third-order valence-electron chi connectivity index (χ3n) is 3.64. The van der Waals surface area contributed by atoms with Gasteiger partial charge in [0.2, 0.25) is 5.95 Å². The van der Waals surface area contributed by atoms with Crippen molar-refractivity contribution in [1.29, 1.82) is 0 Å². The normalized spacial score (nSPS) is 22.5. The summed E-state index contributed by atoms with van der Waals surface area (Å²) in [5.74, 6) is 2.99. The quantitative estimate of drug-likeness (QED) is 0.833. The third kappa shape index (κ3) is 4.23. The number of rotatable bonds is 6. The minimum Gasteiger partial charge on any atom is -0.368 e. The molecule has 4 nitrogen and oxygen atoms in total. The van der Waals surface area contributed by atoms with Crippen LogP contribution in [-0.2, 0) is 0 Å². The van der Waals surface area contributed by atoms with Crippen LogP contribution in [0.25, 0.3) is 0 Å². The van der Waals surface area contributed by atoms with Gasteiger partial charge in [0.15, 0.2) is 0 Å². The Kier molecular flexibility index (Phi) is 5.25. The van der Waals surface area contributed by atoms with Gasteiger partial charge in [-0.25, -0.2) is 4.98 Å². The Morgan fingerprint density at radius 1 is 1.37 bits per heavy atom. The predicted octanol–water partition coefficient (Wildman–Crippen LogP) is 3.80. The van der Waals surface area contributed by atoms with Crippen LogP contribution in [-0.4, -0.2) is 23.1 Å². The van der Waals surface area contributed by atoms with Crippen molar-refractivity contribution in [2.75, 3.05) is 23.7 Å². The molecule has 1 fully saturated rings. The number of hydrogen-bond donors (Lipinski definition) is 2. The summed E-state index contributed by atoms with van der Waals surface area (Å²) < 4.78 is 0. The second kappa shape index (κ2) is 6.94. The largest absolute Gasteiger partial charge is 0.368 e. The average molecular weight is 283 g/mol. The zero-order chi connectivity index (χ0) is 13.7. The molecule has 0 radical (unpaired) electrons. The molecule has 106 valence electrons. The zero-order valence-electron chi connectivity index (χ0n) is 11.7. The highest BCUT2D eigenvalue weighted by Gasteiger charge is 2.21. The van der Waals surface area contributed by atoms with Crippen LogP contribution in [0.5, 0.6) is 0 Å². The van der Waals surface area contributed by atoms with Gasteiger partial charge in [-0.05, 0) is 31.1 Å². The smallest absolute Gasteiger partial charge is 0.224 e. The molecule has 19 heavy (non-hydrogen) atoms. The molecule has 0 saturated heterocycles. The Morgan fingerprint density at radius 3 is 2.89 bits per heavy atom. The van der Waals surface area contributed by atoms with Gasteiger partial charge in [-0.2, -0.15) is 4.98 Å². The number of hydrogen-bond acceptors (Lipinski definition) is 4. The minimum absolute atomic E-state index is 0.591. The summed E-state index contributed by atoms with van der Waals surface area (Å²) in [6, 6.07) is 0. The van der Waals surface area contributed by atoms with Gasteiger partial charge in [0, 0.05) is 13.1 Å². The molecule has 1 aromatic heterocycles. The van der Waals surface area contributed by atoms with Crippen molar-refractivity contribution in [3.63, 3.8) is 0 Å². The maximum Gasteiger partial charge on any atom is 0.224 e.